The maximum absolute atomic E-state index is 11.4. The molecule has 0 aromatic heterocycles. The lowest BCUT2D eigenvalue weighted by Crippen LogP contribution is -2.25. The summed E-state index contributed by atoms with van der Waals surface area (Å²) < 4.78 is 10.9. The highest BCUT2D eigenvalue weighted by molar-refractivity contribution is 5.39. The second kappa shape index (κ2) is 8.34. The van der Waals surface area contributed by atoms with E-state index in [2.05, 4.69) is 0 Å². The minimum Gasteiger partial charge on any atom is -0.494 e. The first-order valence-corrected chi connectivity index (χ1v) is 8.15. The number of nitro groups is 1. The summed E-state index contributed by atoms with van der Waals surface area (Å²) in [6.45, 7) is 6.66. The first-order chi connectivity index (χ1) is 11.6. The molecular weight excluding hydrogens is 306 g/mol. The molecule has 0 aliphatic rings. The Labute approximate surface area is 142 Å². The fourth-order valence-electron chi connectivity index (χ4n) is 2.75. The molecule has 0 saturated carbocycles. The highest BCUT2D eigenvalue weighted by atomic mass is 16.6. The molecule has 0 spiro atoms. The summed E-state index contributed by atoms with van der Waals surface area (Å²) >= 11 is 0. The van der Waals surface area contributed by atoms with Gasteiger partial charge < -0.3 is 9.47 Å². The number of benzene rings is 2. The van der Waals surface area contributed by atoms with Gasteiger partial charge >= 0.3 is 0 Å². The average Bonchev–Trinajstić information content (AvgIpc) is 2.58. The average molecular weight is 329 g/mol. The lowest BCUT2D eigenvalue weighted by Gasteiger charge is -2.20. The minimum absolute atomic E-state index is 0.239. The summed E-state index contributed by atoms with van der Waals surface area (Å²) in [4.78, 5) is 11.1. The monoisotopic (exact) mass is 329 g/mol. The van der Waals surface area contributed by atoms with Gasteiger partial charge in [0.05, 0.1) is 19.1 Å². The number of nitrogens with zero attached hydrogens (tertiary/aromatic N) is 1. The molecule has 0 heterocycles. The quantitative estimate of drug-likeness (QED) is 0.535. The van der Waals surface area contributed by atoms with E-state index in [1.54, 1.807) is 6.92 Å². The molecule has 0 fully saturated rings. The Morgan fingerprint density at radius 2 is 1.25 bits per heavy atom. The Kier molecular flexibility index (Phi) is 6.18. The minimum atomic E-state index is -0.735. The molecule has 0 radical (unpaired) electrons. The topological polar surface area (TPSA) is 61.6 Å². The summed E-state index contributed by atoms with van der Waals surface area (Å²) in [5.41, 5.74) is 1.79. The van der Waals surface area contributed by atoms with Crippen LogP contribution in [0.25, 0.3) is 0 Å². The molecule has 0 aliphatic heterocycles. The third-order valence-electron chi connectivity index (χ3n) is 3.92. The van der Waals surface area contributed by atoms with E-state index in [0.717, 1.165) is 22.6 Å². The molecule has 0 saturated heterocycles. The zero-order chi connectivity index (χ0) is 17.5. The summed E-state index contributed by atoms with van der Waals surface area (Å²) in [6, 6.07) is 14.3. The van der Waals surface area contributed by atoms with Crippen molar-refractivity contribution in [2.75, 3.05) is 13.2 Å². The highest BCUT2D eigenvalue weighted by Crippen LogP contribution is 2.31. The van der Waals surface area contributed by atoms with Crippen molar-refractivity contribution in [1.29, 1.82) is 0 Å². The van der Waals surface area contributed by atoms with Gasteiger partial charge in [-0.3, -0.25) is 10.1 Å². The number of rotatable bonds is 8. The van der Waals surface area contributed by atoms with Gasteiger partial charge in [0.15, 0.2) is 0 Å². The fraction of sp³-hybridized carbons (Fsp3) is 0.368. The third-order valence-corrected chi connectivity index (χ3v) is 3.92. The van der Waals surface area contributed by atoms with Crippen molar-refractivity contribution in [3.8, 4) is 11.5 Å². The van der Waals surface area contributed by atoms with Gasteiger partial charge in [0.2, 0.25) is 6.04 Å². The molecule has 5 nitrogen and oxygen atoms in total. The van der Waals surface area contributed by atoms with Gasteiger partial charge in [-0.15, -0.1) is 0 Å². The predicted octanol–water partition coefficient (Wildman–Crippen LogP) is 4.28. The first-order valence-electron chi connectivity index (χ1n) is 8.15. The number of hydrogen-bond acceptors (Lipinski definition) is 4. The molecular formula is C19H23NO4. The number of hydrogen-bond donors (Lipinski definition) is 0. The normalized spacial score (nSPS) is 12.0. The van der Waals surface area contributed by atoms with E-state index in [1.165, 1.54) is 0 Å². The SMILES string of the molecule is CCOc1ccc(C(c2ccc(OCC)cc2)C(C)[N+](=O)[O-])cc1. The van der Waals surface area contributed by atoms with Crippen LogP contribution in [-0.2, 0) is 0 Å². The standard InChI is InChI=1S/C19H23NO4/c1-4-23-17-10-6-15(7-11-17)19(14(3)20(21)22)16-8-12-18(13-9-16)24-5-2/h6-14,19H,4-5H2,1-3H3. The second-order valence-corrected chi connectivity index (χ2v) is 5.51. The van der Waals surface area contributed by atoms with E-state index in [4.69, 9.17) is 9.47 Å². The van der Waals surface area contributed by atoms with E-state index in [-0.39, 0.29) is 10.8 Å². The molecule has 1 unspecified atom stereocenters. The molecule has 0 bridgehead atoms. The van der Waals surface area contributed by atoms with Crippen LogP contribution in [0.1, 0.15) is 37.8 Å². The van der Waals surface area contributed by atoms with Crippen molar-refractivity contribution >= 4 is 0 Å². The van der Waals surface area contributed by atoms with Crippen molar-refractivity contribution in [2.24, 2.45) is 0 Å². The molecule has 0 aliphatic carbocycles. The van der Waals surface area contributed by atoms with Gasteiger partial charge in [0, 0.05) is 11.8 Å². The van der Waals surface area contributed by atoms with Crippen LogP contribution in [0, 0.1) is 10.1 Å². The van der Waals surface area contributed by atoms with Gasteiger partial charge in [0.25, 0.3) is 0 Å². The van der Waals surface area contributed by atoms with E-state index >= 15 is 0 Å². The van der Waals surface area contributed by atoms with Gasteiger partial charge in [-0.25, -0.2) is 0 Å². The summed E-state index contributed by atoms with van der Waals surface area (Å²) in [5, 5.41) is 11.4. The molecule has 128 valence electrons. The van der Waals surface area contributed by atoms with Crippen molar-refractivity contribution in [3.63, 3.8) is 0 Å². The van der Waals surface area contributed by atoms with Gasteiger partial charge in [-0.1, -0.05) is 24.3 Å². The van der Waals surface area contributed by atoms with Crippen LogP contribution in [0.4, 0.5) is 0 Å². The van der Waals surface area contributed by atoms with Crippen LogP contribution in [0.5, 0.6) is 11.5 Å². The van der Waals surface area contributed by atoms with E-state index < -0.39 is 6.04 Å². The zero-order valence-corrected chi connectivity index (χ0v) is 14.3. The molecule has 2 aromatic carbocycles. The maximum atomic E-state index is 11.4. The number of ether oxygens (including phenoxy) is 2. The fourth-order valence-corrected chi connectivity index (χ4v) is 2.75. The maximum Gasteiger partial charge on any atom is 0.221 e. The molecule has 2 aromatic rings. The smallest absolute Gasteiger partial charge is 0.221 e. The lowest BCUT2D eigenvalue weighted by atomic mass is 9.86. The Hall–Kier alpha value is -2.56. The summed E-state index contributed by atoms with van der Waals surface area (Å²) in [6.07, 6.45) is 0. The Morgan fingerprint density at radius 1 is 0.875 bits per heavy atom. The second-order valence-electron chi connectivity index (χ2n) is 5.51. The van der Waals surface area contributed by atoms with Gasteiger partial charge in [-0.2, -0.15) is 0 Å². The molecule has 2 rings (SSSR count). The van der Waals surface area contributed by atoms with E-state index in [1.807, 2.05) is 62.4 Å². The highest BCUT2D eigenvalue weighted by Gasteiger charge is 2.29. The zero-order valence-electron chi connectivity index (χ0n) is 14.3. The van der Waals surface area contributed by atoms with Crippen LogP contribution in [0.3, 0.4) is 0 Å². The third kappa shape index (κ3) is 4.25. The largest absolute Gasteiger partial charge is 0.494 e. The van der Waals surface area contributed by atoms with Crippen LogP contribution >= 0.6 is 0 Å². The summed E-state index contributed by atoms with van der Waals surface area (Å²) in [7, 11) is 0. The molecule has 1 atom stereocenters. The Morgan fingerprint density at radius 3 is 1.54 bits per heavy atom. The molecule has 0 amide bonds. The van der Waals surface area contributed by atoms with Crippen LogP contribution < -0.4 is 9.47 Å². The van der Waals surface area contributed by atoms with Crippen molar-refractivity contribution in [1.82, 2.24) is 0 Å². The van der Waals surface area contributed by atoms with Crippen molar-refractivity contribution < 1.29 is 14.4 Å². The summed E-state index contributed by atoms with van der Waals surface area (Å²) in [5.74, 6) is 1.20. The van der Waals surface area contributed by atoms with E-state index in [9.17, 15) is 10.1 Å². The van der Waals surface area contributed by atoms with Crippen LogP contribution in [-0.4, -0.2) is 24.2 Å². The van der Waals surface area contributed by atoms with Crippen LogP contribution in [0.2, 0.25) is 0 Å². The Bertz CT molecular complexity index is 603. The Balaban J connectivity index is 2.35. The van der Waals surface area contributed by atoms with Crippen LogP contribution in [0.15, 0.2) is 48.5 Å². The predicted molar refractivity (Wildman–Crippen MR) is 93.5 cm³/mol. The van der Waals surface area contributed by atoms with Gasteiger partial charge in [0.1, 0.15) is 11.5 Å². The van der Waals surface area contributed by atoms with E-state index in [0.29, 0.717) is 13.2 Å². The van der Waals surface area contributed by atoms with Gasteiger partial charge in [-0.05, 0) is 49.2 Å². The first kappa shape index (κ1) is 17.8. The lowest BCUT2D eigenvalue weighted by molar-refractivity contribution is -0.520. The van der Waals surface area contributed by atoms with Crippen molar-refractivity contribution in [2.45, 2.75) is 32.7 Å². The molecule has 24 heavy (non-hydrogen) atoms. The molecule has 0 N–H and O–H groups in total. The molecule has 5 heteroatoms. The van der Waals surface area contributed by atoms with Crippen molar-refractivity contribution in [3.05, 3.63) is 69.8 Å².